The fourth-order valence-corrected chi connectivity index (χ4v) is 4.82. The van der Waals surface area contributed by atoms with E-state index in [1.54, 1.807) is 13.0 Å². The Morgan fingerprint density at radius 3 is 2.32 bits per heavy atom. The third-order valence-electron chi connectivity index (χ3n) is 6.68. The van der Waals surface area contributed by atoms with Crippen LogP contribution in [-0.2, 0) is 34.5 Å². The first-order valence-corrected chi connectivity index (χ1v) is 11.8. The lowest BCUT2D eigenvalue weighted by atomic mass is 9.99. The number of piperidine rings is 1. The third-order valence-corrected chi connectivity index (χ3v) is 6.68. The molecule has 37 heavy (non-hydrogen) atoms. The molecule has 0 radical (unpaired) electrons. The molecule has 4 rings (SSSR count). The summed E-state index contributed by atoms with van der Waals surface area (Å²) in [5.41, 5.74) is -0.458. The zero-order valence-electron chi connectivity index (χ0n) is 20.5. The zero-order valence-corrected chi connectivity index (χ0v) is 20.5. The van der Waals surface area contributed by atoms with E-state index in [-0.39, 0.29) is 37.1 Å². The van der Waals surface area contributed by atoms with Crippen LogP contribution in [0.2, 0.25) is 0 Å². The molecule has 0 aliphatic carbocycles. The third kappa shape index (κ3) is 7.29. The van der Waals surface area contributed by atoms with Crippen molar-refractivity contribution in [1.29, 1.82) is 0 Å². The molecular weight excluding hydrogens is 494 g/mol. The monoisotopic (exact) mass is 524 g/mol. The minimum Gasteiger partial charge on any atom is -0.473 e. The number of hydrogen-bond donors (Lipinski definition) is 2. The molecule has 0 spiro atoms. The molecule has 2 bridgehead atoms. The molecule has 2 unspecified atom stereocenters. The molecule has 1 aromatic heterocycles. The summed E-state index contributed by atoms with van der Waals surface area (Å²) in [5, 5.41) is 14.8. The first kappa shape index (κ1) is 28.1. The van der Waals surface area contributed by atoms with E-state index in [4.69, 9.17) is 24.5 Å². The van der Waals surface area contributed by atoms with E-state index in [0.717, 1.165) is 35.8 Å². The Morgan fingerprint density at radius 2 is 1.76 bits per heavy atom. The molecular formula is C24H30F2N4O7. The number of aromatic nitrogens is 3. The smallest absolute Gasteiger partial charge is 0.414 e. The van der Waals surface area contributed by atoms with Crippen molar-refractivity contribution in [2.45, 2.75) is 70.1 Å². The van der Waals surface area contributed by atoms with Gasteiger partial charge in [-0.2, -0.15) is 4.98 Å². The number of benzene rings is 1. The van der Waals surface area contributed by atoms with Crippen LogP contribution in [0.3, 0.4) is 0 Å². The second kappa shape index (κ2) is 12.2. The van der Waals surface area contributed by atoms with E-state index < -0.39 is 29.5 Å². The number of aryl methyl sites for hydroxylation is 1. The highest BCUT2D eigenvalue weighted by Gasteiger charge is 2.42. The fourth-order valence-electron chi connectivity index (χ4n) is 4.82. The normalized spacial score (nSPS) is 21.7. The number of halogens is 2. The van der Waals surface area contributed by atoms with E-state index in [1.165, 1.54) is 23.7 Å². The predicted octanol–water partition coefficient (Wildman–Crippen LogP) is 1.10. The minimum atomic E-state index is -1.82. The Morgan fingerprint density at radius 1 is 1.14 bits per heavy atom. The van der Waals surface area contributed by atoms with Crippen LogP contribution in [0.5, 0.6) is 0 Å². The molecule has 2 aliphatic heterocycles. The van der Waals surface area contributed by atoms with Gasteiger partial charge in [-0.05, 0) is 50.3 Å². The highest BCUT2D eigenvalue weighted by molar-refractivity contribution is 6.27. The predicted molar refractivity (Wildman–Crippen MR) is 126 cm³/mol. The standard InChI is InChI=1S/C22H28F2N4O3.C2H2O4/c1-14-25-21(29)28(22(30)26(14)2)12-17(24)11-27-18-6-7-19(27)10-20(9-18)31-13-15-4-3-5-16(23)8-15;3-1(4)2(5)6/h3-5,8,17-20H,6-7,9-13H2,1-2H3;(H,3,4)(H,5,6)/t17-,18?,19?,20?;/m1./s1. The lowest BCUT2D eigenvalue weighted by Crippen LogP contribution is -2.50. The van der Waals surface area contributed by atoms with Crippen LogP contribution in [0.15, 0.2) is 33.9 Å². The van der Waals surface area contributed by atoms with Crippen molar-refractivity contribution in [3.05, 3.63) is 62.4 Å². The van der Waals surface area contributed by atoms with Crippen molar-refractivity contribution in [1.82, 2.24) is 19.0 Å². The lowest BCUT2D eigenvalue weighted by molar-refractivity contribution is -0.159. The van der Waals surface area contributed by atoms with Gasteiger partial charge in [0.05, 0.1) is 19.3 Å². The maximum Gasteiger partial charge on any atom is 0.414 e. The van der Waals surface area contributed by atoms with Crippen molar-refractivity contribution < 1.29 is 33.3 Å². The highest BCUT2D eigenvalue weighted by Crippen LogP contribution is 2.37. The first-order chi connectivity index (χ1) is 17.5. The molecule has 0 saturated carbocycles. The topological polar surface area (TPSA) is 144 Å². The van der Waals surface area contributed by atoms with Crippen LogP contribution in [0.25, 0.3) is 0 Å². The SMILES string of the molecule is Cc1nc(=O)n(C[C@H](F)CN2C3CCC2CC(OCc2cccc(F)c2)C3)c(=O)n1C.O=C(O)C(=O)O. The number of rotatable bonds is 7. The Bertz CT molecular complexity index is 1220. The summed E-state index contributed by atoms with van der Waals surface area (Å²) < 4.78 is 36.4. The Kier molecular flexibility index (Phi) is 9.27. The molecule has 2 fully saturated rings. The molecule has 2 aliphatic rings. The van der Waals surface area contributed by atoms with Gasteiger partial charge in [0.1, 0.15) is 17.8 Å². The van der Waals surface area contributed by atoms with Gasteiger partial charge in [0.2, 0.25) is 0 Å². The van der Waals surface area contributed by atoms with Gasteiger partial charge >= 0.3 is 23.3 Å². The van der Waals surface area contributed by atoms with Crippen molar-refractivity contribution in [2.75, 3.05) is 6.54 Å². The zero-order chi connectivity index (χ0) is 27.3. The fraction of sp³-hybridized carbons (Fsp3) is 0.542. The molecule has 1 aromatic carbocycles. The van der Waals surface area contributed by atoms with E-state index in [2.05, 4.69) is 9.88 Å². The van der Waals surface area contributed by atoms with Crippen LogP contribution in [0.1, 0.15) is 37.1 Å². The molecule has 3 heterocycles. The van der Waals surface area contributed by atoms with E-state index >= 15 is 0 Å². The van der Waals surface area contributed by atoms with Gasteiger partial charge in [0.15, 0.2) is 0 Å². The van der Waals surface area contributed by atoms with Crippen LogP contribution in [0, 0.1) is 12.7 Å². The molecule has 2 aromatic rings. The average molecular weight is 525 g/mol. The molecule has 2 N–H and O–H groups in total. The molecule has 0 amide bonds. The van der Waals surface area contributed by atoms with Crippen LogP contribution >= 0.6 is 0 Å². The van der Waals surface area contributed by atoms with Gasteiger partial charge in [-0.3, -0.25) is 9.47 Å². The van der Waals surface area contributed by atoms with Gasteiger partial charge in [-0.1, -0.05) is 12.1 Å². The number of ether oxygens (including phenoxy) is 1. The Balaban J connectivity index is 0.000000568. The van der Waals surface area contributed by atoms with E-state index in [1.807, 2.05) is 6.07 Å². The van der Waals surface area contributed by atoms with Gasteiger partial charge in [-0.15, -0.1) is 0 Å². The van der Waals surface area contributed by atoms with Crippen LogP contribution in [-0.4, -0.2) is 72.1 Å². The Hall–Kier alpha value is -3.45. The van der Waals surface area contributed by atoms with Crippen molar-refractivity contribution >= 4 is 11.9 Å². The largest absolute Gasteiger partial charge is 0.473 e. The summed E-state index contributed by atoms with van der Waals surface area (Å²) in [6.45, 7) is 1.81. The molecule has 11 nitrogen and oxygen atoms in total. The number of nitrogens with zero attached hydrogens (tertiary/aromatic N) is 4. The van der Waals surface area contributed by atoms with E-state index in [0.29, 0.717) is 12.4 Å². The number of carboxylic acid groups (broad SMARTS) is 2. The van der Waals surface area contributed by atoms with E-state index in [9.17, 15) is 18.4 Å². The number of carboxylic acids is 2. The average Bonchev–Trinajstić information content (AvgIpc) is 3.06. The van der Waals surface area contributed by atoms with Gasteiger partial charge in [0.25, 0.3) is 0 Å². The summed E-state index contributed by atoms with van der Waals surface area (Å²) in [4.78, 5) is 48.5. The van der Waals surface area contributed by atoms with Gasteiger partial charge in [0, 0.05) is 25.7 Å². The van der Waals surface area contributed by atoms with Crippen molar-refractivity contribution in [3.63, 3.8) is 0 Å². The number of hydrogen-bond acceptors (Lipinski definition) is 7. The Labute approximate surface area is 210 Å². The summed E-state index contributed by atoms with van der Waals surface area (Å²) >= 11 is 0. The number of carbonyl (C=O) groups is 2. The highest BCUT2D eigenvalue weighted by atomic mass is 19.1. The molecule has 13 heteroatoms. The maximum absolute atomic E-state index is 14.9. The van der Waals surface area contributed by atoms with Crippen molar-refractivity contribution in [2.24, 2.45) is 7.05 Å². The second-order valence-electron chi connectivity index (χ2n) is 9.22. The van der Waals surface area contributed by atoms with Gasteiger partial charge in [-0.25, -0.2) is 32.5 Å². The summed E-state index contributed by atoms with van der Waals surface area (Å²) in [6, 6.07) is 6.82. The van der Waals surface area contributed by atoms with Crippen molar-refractivity contribution in [3.8, 4) is 0 Å². The first-order valence-electron chi connectivity index (χ1n) is 11.8. The van der Waals surface area contributed by atoms with Crippen LogP contribution in [0.4, 0.5) is 8.78 Å². The maximum atomic E-state index is 14.9. The van der Waals surface area contributed by atoms with Crippen LogP contribution < -0.4 is 11.4 Å². The molecule has 2 saturated heterocycles. The summed E-state index contributed by atoms with van der Waals surface area (Å²) in [7, 11) is 1.52. The summed E-state index contributed by atoms with van der Waals surface area (Å²) in [6.07, 6.45) is 2.27. The second-order valence-corrected chi connectivity index (χ2v) is 9.22. The molecule has 3 atom stereocenters. The quantitative estimate of drug-likeness (QED) is 0.509. The number of alkyl halides is 1. The molecule has 202 valence electrons. The van der Waals surface area contributed by atoms with Gasteiger partial charge < -0.3 is 14.9 Å². The number of aliphatic carboxylic acids is 2. The lowest BCUT2D eigenvalue weighted by Gasteiger charge is -2.39. The number of fused-ring (bicyclic) bond motifs is 2. The summed E-state index contributed by atoms with van der Waals surface area (Å²) in [5.74, 6) is -3.62. The minimum absolute atomic E-state index is 0.0614.